The minimum atomic E-state index is 0.833. The number of hydrogen-bond donors (Lipinski definition) is 0. The van der Waals surface area contributed by atoms with Crippen molar-refractivity contribution in [3.05, 3.63) is 176 Å². The Balaban J connectivity index is 1.16. The Morgan fingerprint density at radius 2 is 1.13 bits per heavy atom. The summed E-state index contributed by atoms with van der Waals surface area (Å²) >= 11 is 0. The molecule has 0 aliphatic heterocycles. The van der Waals surface area contributed by atoms with Crippen LogP contribution >= 0.6 is 0 Å². The lowest BCUT2D eigenvalue weighted by atomic mass is 9.94. The van der Waals surface area contributed by atoms with Crippen LogP contribution < -0.4 is 0 Å². The largest absolute Gasteiger partial charge is 0.456 e. The zero-order chi connectivity index (χ0) is 34.2. The van der Waals surface area contributed by atoms with Crippen molar-refractivity contribution in [2.45, 2.75) is 0 Å². The van der Waals surface area contributed by atoms with Gasteiger partial charge in [0.15, 0.2) is 0 Å². The highest BCUT2D eigenvalue weighted by atomic mass is 16.3. The van der Waals surface area contributed by atoms with Gasteiger partial charge in [0, 0.05) is 55.3 Å². The van der Waals surface area contributed by atoms with Gasteiger partial charge >= 0.3 is 0 Å². The summed E-state index contributed by atoms with van der Waals surface area (Å²) in [5.74, 6) is 0. The SMILES string of the molecule is c1ccc(-c2nccc3c2c(-c2cccc4oc5ccc(-c6ccc7c(c6)c6ccccc6n7-c6ccccc6)cc5c24)nc2ccccc23)cc1. The van der Waals surface area contributed by atoms with E-state index >= 15 is 0 Å². The first-order chi connectivity index (χ1) is 25.8. The molecular weight excluding hydrogens is 635 g/mol. The van der Waals surface area contributed by atoms with E-state index in [1.807, 2.05) is 12.3 Å². The molecule has 0 saturated carbocycles. The topological polar surface area (TPSA) is 43.9 Å². The van der Waals surface area contributed by atoms with Crippen LogP contribution in [0, 0.1) is 0 Å². The first-order valence-corrected chi connectivity index (χ1v) is 17.6. The van der Waals surface area contributed by atoms with Crippen LogP contribution in [0.2, 0.25) is 0 Å². The van der Waals surface area contributed by atoms with Crippen LogP contribution in [0.4, 0.5) is 0 Å². The number of hydrogen-bond acceptors (Lipinski definition) is 3. The van der Waals surface area contributed by atoms with Crippen LogP contribution in [-0.4, -0.2) is 14.5 Å². The standard InChI is InChI=1S/C48H29N3O/c1-3-12-30(13-4-1)47-46-36(26-27-49-47)34-16-7-9-19-40(34)50-48(46)37-18-11-21-44-45(37)39-29-32(23-25-43(39)52-44)31-22-24-42-38(28-31)35-17-8-10-20-41(35)51(42)33-14-5-2-6-15-33/h1-29H. The van der Waals surface area contributed by atoms with Gasteiger partial charge in [-0.15, -0.1) is 0 Å². The summed E-state index contributed by atoms with van der Waals surface area (Å²) in [6.07, 6.45) is 1.91. The molecule has 0 saturated heterocycles. The number of para-hydroxylation sites is 3. The summed E-state index contributed by atoms with van der Waals surface area (Å²) in [5, 5.41) is 7.83. The Labute approximate surface area is 298 Å². The highest BCUT2D eigenvalue weighted by Gasteiger charge is 2.21. The Morgan fingerprint density at radius 3 is 2.00 bits per heavy atom. The smallest absolute Gasteiger partial charge is 0.136 e. The van der Waals surface area contributed by atoms with Crippen molar-refractivity contribution in [3.8, 4) is 39.3 Å². The van der Waals surface area contributed by atoms with Gasteiger partial charge in [-0.25, -0.2) is 4.98 Å². The molecular formula is C48H29N3O. The fourth-order valence-electron chi connectivity index (χ4n) is 8.12. The van der Waals surface area contributed by atoms with Gasteiger partial charge in [-0.3, -0.25) is 4.98 Å². The molecule has 242 valence electrons. The molecule has 0 bridgehead atoms. The van der Waals surface area contributed by atoms with Gasteiger partial charge in [-0.1, -0.05) is 109 Å². The van der Waals surface area contributed by atoms with E-state index in [0.717, 1.165) is 82.9 Å². The van der Waals surface area contributed by atoms with Crippen LogP contribution in [-0.2, 0) is 0 Å². The fraction of sp³-hybridized carbons (Fsp3) is 0. The van der Waals surface area contributed by atoms with E-state index in [9.17, 15) is 0 Å². The molecule has 4 nitrogen and oxygen atoms in total. The van der Waals surface area contributed by atoms with Gasteiger partial charge in [0.05, 0.1) is 27.9 Å². The molecule has 0 N–H and O–H groups in total. The second kappa shape index (κ2) is 11.2. The lowest BCUT2D eigenvalue weighted by Gasteiger charge is -2.14. The van der Waals surface area contributed by atoms with Crippen LogP contribution in [0.15, 0.2) is 180 Å². The van der Waals surface area contributed by atoms with E-state index in [1.165, 1.54) is 21.8 Å². The highest BCUT2D eigenvalue weighted by Crippen LogP contribution is 2.44. The van der Waals surface area contributed by atoms with Gasteiger partial charge in [-0.05, 0) is 77.2 Å². The molecule has 0 amide bonds. The van der Waals surface area contributed by atoms with Gasteiger partial charge < -0.3 is 8.98 Å². The molecule has 0 radical (unpaired) electrons. The lowest BCUT2D eigenvalue weighted by Crippen LogP contribution is -1.94. The summed E-state index contributed by atoms with van der Waals surface area (Å²) in [4.78, 5) is 10.3. The maximum atomic E-state index is 6.55. The third-order valence-corrected chi connectivity index (χ3v) is 10.4. The van der Waals surface area contributed by atoms with E-state index < -0.39 is 0 Å². The highest BCUT2D eigenvalue weighted by molar-refractivity contribution is 6.20. The third-order valence-electron chi connectivity index (χ3n) is 10.4. The molecule has 0 aliphatic rings. The van der Waals surface area contributed by atoms with Crippen molar-refractivity contribution in [2.75, 3.05) is 0 Å². The third kappa shape index (κ3) is 4.28. The van der Waals surface area contributed by atoms with Crippen molar-refractivity contribution in [3.63, 3.8) is 0 Å². The molecule has 4 heteroatoms. The first kappa shape index (κ1) is 28.8. The fourth-order valence-corrected chi connectivity index (χ4v) is 8.12. The van der Waals surface area contributed by atoms with Crippen molar-refractivity contribution in [1.82, 2.24) is 14.5 Å². The first-order valence-electron chi connectivity index (χ1n) is 17.6. The average molecular weight is 664 g/mol. The van der Waals surface area contributed by atoms with Gasteiger partial charge in [0.2, 0.25) is 0 Å². The number of furan rings is 1. The van der Waals surface area contributed by atoms with Crippen molar-refractivity contribution >= 4 is 65.4 Å². The zero-order valence-electron chi connectivity index (χ0n) is 28.0. The van der Waals surface area contributed by atoms with Gasteiger partial charge in [0.1, 0.15) is 11.2 Å². The Hall–Kier alpha value is -7.04. The van der Waals surface area contributed by atoms with Crippen LogP contribution in [0.3, 0.4) is 0 Å². The second-order valence-corrected chi connectivity index (χ2v) is 13.3. The minimum Gasteiger partial charge on any atom is -0.456 e. The molecule has 11 aromatic rings. The summed E-state index contributed by atoms with van der Waals surface area (Å²) in [6.45, 7) is 0. The molecule has 11 rings (SSSR count). The van der Waals surface area contributed by atoms with Crippen LogP contribution in [0.1, 0.15) is 0 Å². The average Bonchev–Trinajstić information content (AvgIpc) is 3.76. The van der Waals surface area contributed by atoms with E-state index in [2.05, 4.69) is 168 Å². The van der Waals surface area contributed by atoms with Gasteiger partial charge in [-0.2, -0.15) is 0 Å². The summed E-state index contributed by atoms with van der Waals surface area (Å²) in [6, 6.07) is 59.8. The summed E-state index contributed by atoms with van der Waals surface area (Å²) in [5.41, 5.74) is 12.3. The summed E-state index contributed by atoms with van der Waals surface area (Å²) < 4.78 is 8.91. The van der Waals surface area contributed by atoms with E-state index in [-0.39, 0.29) is 0 Å². The number of pyridine rings is 2. The van der Waals surface area contributed by atoms with E-state index in [0.29, 0.717) is 0 Å². The molecule has 0 atom stereocenters. The minimum absolute atomic E-state index is 0.833. The Bertz CT molecular complexity index is 3180. The number of aromatic nitrogens is 3. The van der Waals surface area contributed by atoms with Crippen molar-refractivity contribution < 1.29 is 4.42 Å². The van der Waals surface area contributed by atoms with Crippen LogP contribution in [0.25, 0.3) is 105 Å². The van der Waals surface area contributed by atoms with Crippen molar-refractivity contribution in [1.29, 1.82) is 0 Å². The normalized spacial score (nSPS) is 11.8. The molecule has 7 aromatic carbocycles. The maximum Gasteiger partial charge on any atom is 0.136 e. The number of benzene rings is 7. The maximum absolute atomic E-state index is 6.55. The summed E-state index contributed by atoms with van der Waals surface area (Å²) in [7, 11) is 0. The predicted octanol–water partition coefficient (Wildman–Crippen LogP) is 12.8. The lowest BCUT2D eigenvalue weighted by molar-refractivity contribution is 0.669. The van der Waals surface area contributed by atoms with Gasteiger partial charge in [0.25, 0.3) is 0 Å². The number of fused-ring (bicyclic) bond motifs is 9. The number of rotatable bonds is 4. The number of nitrogens with zero attached hydrogens (tertiary/aromatic N) is 3. The zero-order valence-corrected chi connectivity index (χ0v) is 28.0. The monoisotopic (exact) mass is 663 g/mol. The Kier molecular flexibility index (Phi) is 6.22. The molecule has 0 fully saturated rings. The second-order valence-electron chi connectivity index (χ2n) is 13.3. The molecule has 0 spiro atoms. The molecule has 4 heterocycles. The predicted molar refractivity (Wildman–Crippen MR) is 215 cm³/mol. The molecule has 4 aromatic heterocycles. The molecule has 52 heavy (non-hydrogen) atoms. The van der Waals surface area contributed by atoms with Crippen LogP contribution in [0.5, 0.6) is 0 Å². The van der Waals surface area contributed by atoms with E-state index in [1.54, 1.807) is 0 Å². The quantitative estimate of drug-likeness (QED) is 0.176. The Morgan fingerprint density at radius 1 is 0.423 bits per heavy atom. The van der Waals surface area contributed by atoms with Crippen molar-refractivity contribution in [2.24, 2.45) is 0 Å². The molecule has 0 aliphatic carbocycles. The molecule has 0 unspecified atom stereocenters. The van der Waals surface area contributed by atoms with E-state index in [4.69, 9.17) is 14.4 Å².